The summed E-state index contributed by atoms with van der Waals surface area (Å²) < 4.78 is 5.56. The van der Waals surface area contributed by atoms with E-state index >= 15 is 0 Å². The van der Waals surface area contributed by atoms with Gasteiger partial charge in [-0.05, 0) is 32.1 Å². The number of aliphatic hydroxyl groups excluding tert-OH is 1. The lowest BCUT2D eigenvalue weighted by molar-refractivity contribution is -0.148. The smallest absolute Gasteiger partial charge is 0.223 e. The molecule has 1 saturated carbocycles. The van der Waals surface area contributed by atoms with Crippen LogP contribution < -0.4 is 5.73 Å². The summed E-state index contributed by atoms with van der Waals surface area (Å²) in [5.41, 5.74) is 5.97. The van der Waals surface area contributed by atoms with Crippen LogP contribution in [0.5, 0.6) is 0 Å². The molecule has 1 aliphatic heterocycles. The largest absolute Gasteiger partial charge is 0.394 e. The molecule has 5 nitrogen and oxygen atoms in total. The molecule has 1 heterocycles. The summed E-state index contributed by atoms with van der Waals surface area (Å²) in [7, 11) is 0. The maximum absolute atomic E-state index is 12.3. The fourth-order valence-corrected chi connectivity index (χ4v) is 3.24. The Labute approximate surface area is 115 Å². The standard InChI is InChI=1S/C14H26N2O3/c1-10-7-16(8-13(9-17)19-10)14(18)6-11-3-2-4-12(15)5-11/h10-13,17H,2-9,15H2,1H3. The van der Waals surface area contributed by atoms with Gasteiger partial charge < -0.3 is 20.5 Å². The summed E-state index contributed by atoms with van der Waals surface area (Å²) in [6, 6.07) is 0.264. The van der Waals surface area contributed by atoms with Crippen molar-refractivity contribution in [2.75, 3.05) is 19.7 Å². The van der Waals surface area contributed by atoms with Crippen molar-refractivity contribution >= 4 is 5.91 Å². The van der Waals surface area contributed by atoms with Crippen LogP contribution in [0.25, 0.3) is 0 Å². The minimum absolute atomic E-state index is 0.00321. The quantitative estimate of drug-likeness (QED) is 0.783. The molecule has 110 valence electrons. The normalized spacial score (nSPS) is 36.3. The molecule has 5 heteroatoms. The molecule has 0 aromatic carbocycles. The average Bonchev–Trinajstić information content (AvgIpc) is 2.38. The van der Waals surface area contributed by atoms with Gasteiger partial charge in [0, 0.05) is 25.6 Å². The molecular weight excluding hydrogens is 244 g/mol. The fourth-order valence-electron chi connectivity index (χ4n) is 3.24. The van der Waals surface area contributed by atoms with E-state index in [-0.39, 0.29) is 30.8 Å². The van der Waals surface area contributed by atoms with Crippen LogP contribution >= 0.6 is 0 Å². The molecule has 0 aromatic rings. The average molecular weight is 270 g/mol. The van der Waals surface area contributed by atoms with Gasteiger partial charge in [0.1, 0.15) is 0 Å². The van der Waals surface area contributed by atoms with Crippen LogP contribution in [0.3, 0.4) is 0 Å². The van der Waals surface area contributed by atoms with Crippen LogP contribution in [-0.2, 0) is 9.53 Å². The molecular formula is C14H26N2O3. The van der Waals surface area contributed by atoms with Gasteiger partial charge in [0.05, 0.1) is 18.8 Å². The maximum atomic E-state index is 12.3. The molecule has 3 N–H and O–H groups in total. The van der Waals surface area contributed by atoms with E-state index in [0.717, 1.165) is 25.7 Å². The molecule has 0 radical (unpaired) electrons. The second kappa shape index (κ2) is 6.68. The Balaban J connectivity index is 1.84. The summed E-state index contributed by atoms with van der Waals surface area (Å²) in [5, 5.41) is 9.19. The molecule has 4 unspecified atom stereocenters. The lowest BCUT2D eigenvalue weighted by Crippen LogP contribution is -2.50. The third-order valence-corrected chi connectivity index (χ3v) is 4.17. The van der Waals surface area contributed by atoms with E-state index in [1.807, 2.05) is 11.8 Å². The van der Waals surface area contributed by atoms with Gasteiger partial charge in [-0.15, -0.1) is 0 Å². The molecule has 2 rings (SSSR count). The summed E-state index contributed by atoms with van der Waals surface area (Å²) >= 11 is 0. The van der Waals surface area contributed by atoms with Crippen molar-refractivity contribution in [3.8, 4) is 0 Å². The van der Waals surface area contributed by atoms with E-state index < -0.39 is 0 Å². The number of amides is 1. The highest BCUT2D eigenvalue weighted by Gasteiger charge is 2.30. The number of aliphatic hydroxyl groups is 1. The number of carbonyl (C=O) groups excluding carboxylic acids is 1. The zero-order chi connectivity index (χ0) is 13.8. The van der Waals surface area contributed by atoms with E-state index in [2.05, 4.69) is 0 Å². The number of hydrogen-bond acceptors (Lipinski definition) is 4. The first-order valence-corrected chi connectivity index (χ1v) is 7.38. The van der Waals surface area contributed by atoms with Crippen molar-refractivity contribution in [1.82, 2.24) is 4.90 Å². The SMILES string of the molecule is CC1CN(C(=O)CC2CCCC(N)C2)CC(CO)O1. The molecule has 1 aliphatic carbocycles. The minimum atomic E-state index is -0.235. The number of carbonyl (C=O) groups is 1. The van der Waals surface area contributed by atoms with Crippen molar-refractivity contribution in [3.05, 3.63) is 0 Å². The van der Waals surface area contributed by atoms with Gasteiger partial charge in [0.2, 0.25) is 5.91 Å². The van der Waals surface area contributed by atoms with Gasteiger partial charge >= 0.3 is 0 Å². The summed E-state index contributed by atoms with van der Waals surface area (Å²) in [6.07, 6.45) is 4.67. The van der Waals surface area contributed by atoms with Gasteiger partial charge in [-0.3, -0.25) is 4.79 Å². The Kier molecular flexibility index (Phi) is 5.19. The maximum Gasteiger partial charge on any atom is 0.223 e. The van der Waals surface area contributed by atoms with Crippen LogP contribution in [0.15, 0.2) is 0 Å². The van der Waals surface area contributed by atoms with E-state index in [1.54, 1.807) is 0 Å². The number of morpholine rings is 1. The molecule has 0 spiro atoms. The van der Waals surface area contributed by atoms with Gasteiger partial charge in [-0.25, -0.2) is 0 Å². The Bertz CT molecular complexity index is 311. The van der Waals surface area contributed by atoms with Crippen LogP contribution in [0.4, 0.5) is 0 Å². The molecule has 2 fully saturated rings. The van der Waals surface area contributed by atoms with Crippen molar-refractivity contribution < 1.29 is 14.6 Å². The van der Waals surface area contributed by atoms with E-state index in [9.17, 15) is 9.90 Å². The Morgan fingerprint density at radius 1 is 1.42 bits per heavy atom. The Morgan fingerprint density at radius 3 is 2.89 bits per heavy atom. The predicted octanol–water partition coefficient (Wildman–Crippen LogP) is 0.502. The highest BCUT2D eigenvalue weighted by molar-refractivity contribution is 5.76. The lowest BCUT2D eigenvalue weighted by Gasteiger charge is -2.37. The second-order valence-electron chi connectivity index (χ2n) is 6.05. The monoisotopic (exact) mass is 270 g/mol. The highest BCUT2D eigenvalue weighted by Crippen LogP contribution is 2.27. The first-order chi connectivity index (χ1) is 9.08. The zero-order valence-electron chi connectivity index (χ0n) is 11.8. The third-order valence-electron chi connectivity index (χ3n) is 4.17. The number of hydrogen-bond donors (Lipinski definition) is 2. The van der Waals surface area contributed by atoms with E-state index in [1.165, 1.54) is 0 Å². The third kappa shape index (κ3) is 4.16. The highest BCUT2D eigenvalue weighted by atomic mass is 16.5. The molecule has 19 heavy (non-hydrogen) atoms. The Morgan fingerprint density at radius 2 is 2.21 bits per heavy atom. The van der Waals surface area contributed by atoms with Crippen molar-refractivity contribution in [3.63, 3.8) is 0 Å². The van der Waals surface area contributed by atoms with Crippen LogP contribution in [0.1, 0.15) is 39.0 Å². The lowest BCUT2D eigenvalue weighted by atomic mass is 9.84. The van der Waals surface area contributed by atoms with Gasteiger partial charge in [0.15, 0.2) is 0 Å². The fraction of sp³-hybridized carbons (Fsp3) is 0.929. The molecule has 2 aliphatic rings. The number of rotatable bonds is 3. The zero-order valence-corrected chi connectivity index (χ0v) is 11.8. The first-order valence-electron chi connectivity index (χ1n) is 7.38. The van der Waals surface area contributed by atoms with Crippen LogP contribution in [0, 0.1) is 5.92 Å². The predicted molar refractivity (Wildman–Crippen MR) is 72.6 cm³/mol. The van der Waals surface area contributed by atoms with Crippen LogP contribution in [0.2, 0.25) is 0 Å². The minimum Gasteiger partial charge on any atom is -0.394 e. The topological polar surface area (TPSA) is 75.8 Å². The molecule has 4 atom stereocenters. The molecule has 1 saturated heterocycles. The van der Waals surface area contributed by atoms with E-state index in [0.29, 0.717) is 25.4 Å². The summed E-state index contributed by atoms with van der Waals surface area (Å²) in [6.45, 7) is 3.06. The molecule has 0 bridgehead atoms. The molecule has 1 amide bonds. The number of ether oxygens (including phenoxy) is 1. The summed E-state index contributed by atoms with van der Waals surface area (Å²) in [5.74, 6) is 0.620. The molecule has 0 aromatic heterocycles. The summed E-state index contributed by atoms with van der Waals surface area (Å²) in [4.78, 5) is 14.2. The number of nitrogens with zero attached hydrogens (tertiary/aromatic N) is 1. The van der Waals surface area contributed by atoms with Crippen molar-refractivity contribution in [2.24, 2.45) is 11.7 Å². The van der Waals surface area contributed by atoms with Crippen molar-refractivity contribution in [1.29, 1.82) is 0 Å². The van der Waals surface area contributed by atoms with E-state index in [4.69, 9.17) is 10.5 Å². The first kappa shape index (κ1) is 14.8. The number of nitrogens with two attached hydrogens (primary N) is 1. The van der Waals surface area contributed by atoms with Gasteiger partial charge in [-0.1, -0.05) is 6.42 Å². The Hall–Kier alpha value is -0.650. The van der Waals surface area contributed by atoms with Gasteiger partial charge in [0.25, 0.3) is 0 Å². The van der Waals surface area contributed by atoms with Crippen molar-refractivity contribution in [2.45, 2.75) is 57.3 Å². The van der Waals surface area contributed by atoms with Crippen LogP contribution in [-0.4, -0.2) is 53.9 Å². The second-order valence-corrected chi connectivity index (χ2v) is 6.05. The van der Waals surface area contributed by atoms with Gasteiger partial charge in [-0.2, -0.15) is 0 Å².